The van der Waals surface area contributed by atoms with Crippen molar-refractivity contribution in [2.75, 3.05) is 5.73 Å². The Morgan fingerprint density at radius 2 is 1.81 bits per heavy atom. The fourth-order valence-electron chi connectivity index (χ4n) is 2.55. The maximum Gasteiger partial charge on any atom is 0.337 e. The fourth-order valence-corrected chi connectivity index (χ4v) is 2.55. The highest BCUT2D eigenvalue weighted by Gasteiger charge is 2.13. The monoisotopic (exact) mass is 351 g/mol. The molecule has 26 heavy (non-hydrogen) atoms. The maximum atomic E-state index is 11.7. The van der Waals surface area contributed by atoms with Crippen LogP contribution in [0.3, 0.4) is 0 Å². The zero-order chi connectivity index (χ0) is 18.8. The third-order valence-corrected chi connectivity index (χ3v) is 3.77. The lowest BCUT2D eigenvalue weighted by molar-refractivity contribution is 0.0698. The minimum atomic E-state index is -1.17. The first kappa shape index (κ1) is 16.8. The lowest BCUT2D eigenvalue weighted by Crippen LogP contribution is -2.23. The Hall–Kier alpha value is -4.03. The third-order valence-electron chi connectivity index (χ3n) is 3.77. The number of nitrogens with two attached hydrogens (primary N) is 1. The quantitative estimate of drug-likeness (QED) is 0.357. The van der Waals surface area contributed by atoms with Crippen LogP contribution in [0.4, 0.5) is 5.69 Å². The summed E-state index contributed by atoms with van der Waals surface area (Å²) in [5, 5.41) is 20.2. The van der Waals surface area contributed by atoms with Gasteiger partial charge in [-0.2, -0.15) is 0 Å². The number of nitrogens with one attached hydrogen (secondary N) is 2. The molecule has 3 aromatic rings. The molecule has 0 unspecified atom stereocenters. The molecule has 1 aromatic heterocycles. The van der Waals surface area contributed by atoms with E-state index in [9.17, 15) is 24.6 Å². The molecule has 0 aliphatic carbocycles. The van der Waals surface area contributed by atoms with E-state index in [1.54, 1.807) is 24.3 Å². The summed E-state index contributed by atoms with van der Waals surface area (Å²) >= 11 is 0. The fraction of sp³-hybridized carbons (Fsp3) is 0. The summed E-state index contributed by atoms with van der Waals surface area (Å²) in [5.74, 6) is -1.75. The molecule has 0 spiro atoms. The number of rotatable bonds is 3. The van der Waals surface area contributed by atoms with E-state index >= 15 is 0 Å². The molecule has 8 nitrogen and oxygen atoms in total. The number of carboxylic acids is 1. The molecular weight excluding hydrogens is 338 g/mol. The highest BCUT2D eigenvalue weighted by Crippen LogP contribution is 2.29. The molecule has 1 heterocycles. The molecule has 8 heteroatoms. The number of aromatic amines is 2. The van der Waals surface area contributed by atoms with Crippen LogP contribution in [0.2, 0.25) is 0 Å². The number of H-pyrrole nitrogens is 2. The van der Waals surface area contributed by atoms with Gasteiger partial charge < -0.3 is 15.9 Å². The molecule has 0 radical (unpaired) electrons. The van der Waals surface area contributed by atoms with Crippen molar-refractivity contribution in [2.24, 2.45) is 0 Å². The van der Waals surface area contributed by atoms with Gasteiger partial charge in [-0.25, -0.2) is 9.59 Å². The van der Waals surface area contributed by atoms with Crippen molar-refractivity contribution in [2.45, 2.75) is 0 Å². The van der Waals surface area contributed by atoms with Crippen molar-refractivity contribution in [3.63, 3.8) is 0 Å². The third kappa shape index (κ3) is 3.00. The van der Waals surface area contributed by atoms with Crippen molar-refractivity contribution in [1.82, 2.24) is 9.97 Å². The Balaban J connectivity index is 2.19. The Morgan fingerprint density at radius 1 is 1.12 bits per heavy atom. The van der Waals surface area contributed by atoms with Crippen molar-refractivity contribution in [1.29, 1.82) is 0 Å². The second-order valence-corrected chi connectivity index (χ2v) is 5.40. The van der Waals surface area contributed by atoms with Crippen LogP contribution in [0.5, 0.6) is 5.88 Å². The average molecular weight is 351 g/mol. The summed E-state index contributed by atoms with van der Waals surface area (Å²) < 4.78 is 0. The second kappa shape index (κ2) is 6.46. The van der Waals surface area contributed by atoms with Gasteiger partial charge in [0.05, 0.1) is 11.3 Å². The molecule has 0 atom stereocenters. The Kier molecular flexibility index (Phi) is 4.18. The summed E-state index contributed by atoms with van der Waals surface area (Å²) in [7, 11) is 0. The highest BCUT2D eigenvalue weighted by molar-refractivity contribution is 6.08. The van der Waals surface area contributed by atoms with E-state index in [4.69, 9.17) is 5.73 Å². The average Bonchev–Trinajstić information content (AvgIpc) is 2.58. The largest absolute Gasteiger partial charge is 0.494 e. The van der Waals surface area contributed by atoms with Crippen LogP contribution in [0, 0.1) is 0 Å². The highest BCUT2D eigenvalue weighted by atomic mass is 16.4. The number of fused-ring (bicyclic) bond motifs is 1. The summed E-state index contributed by atoms with van der Waals surface area (Å²) in [4.78, 5) is 38.2. The van der Waals surface area contributed by atoms with E-state index in [2.05, 4.69) is 10.7 Å². The van der Waals surface area contributed by atoms with E-state index in [1.165, 1.54) is 18.2 Å². The molecule has 6 N–H and O–H groups in total. The van der Waals surface area contributed by atoms with Gasteiger partial charge in [0.25, 0.3) is 5.56 Å². The Labute approximate surface area is 145 Å². The molecule has 2 aromatic carbocycles. The van der Waals surface area contributed by atoms with Gasteiger partial charge in [-0.15, -0.1) is 5.73 Å². The lowest BCUT2D eigenvalue weighted by atomic mass is 9.98. The van der Waals surface area contributed by atoms with E-state index in [0.29, 0.717) is 16.3 Å². The maximum absolute atomic E-state index is 11.7. The minimum absolute atomic E-state index is 0.0542. The van der Waals surface area contributed by atoms with E-state index in [-0.39, 0.29) is 16.8 Å². The van der Waals surface area contributed by atoms with Gasteiger partial charge in [-0.05, 0) is 29.2 Å². The number of carbonyl (C=O) groups is 1. The molecule has 3 rings (SSSR count). The molecule has 0 fully saturated rings. The Bertz CT molecular complexity index is 1210. The number of aromatic nitrogens is 2. The van der Waals surface area contributed by atoms with Gasteiger partial charge in [0.1, 0.15) is 5.56 Å². The molecule has 0 aliphatic heterocycles. The standard InChI is InChI=1S/C18H13N3O5/c19-14-11-6-2-1-5-10(11)9(8-13(14)17(24)25)4-3-7-12-15(22)20-18(26)21-16(12)23/h1-2,4-8H,19H2,(H,24,25)(H3,20,21,22,23,26). The molecule has 0 amide bonds. The van der Waals surface area contributed by atoms with Crippen LogP contribution in [0.15, 0.2) is 45.7 Å². The van der Waals surface area contributed by atoms with Crippen LogP contribution in [-0.4, -0.2) is 26.2 Å². The SMILES string of the molecule is Nc1c(C(=O)O)cc(C=C=Cc2c(O)[nH]c(=O)[nH]c2=O)c2ccccc12. The number of carboxylic acid groups (broad SMARTS) is 1. The van der Waals surface area contributed by atoms with Gasteiger partial charge in [-0.1, -0.05) is 24.3 Å². The second-order valence-electron chi connectivity index (χ2n) is 5.40. The smallest absolute Gasteiger partial charge is 0.337 e. The zero-order valence-electron chi connectivity index (χ0n) is 13.2. The first-order valence-electron chi connectivity index (χ1n) is 7.41. The summed E-state index contributed by atoms with van der Waals surface area (Å²) in [6, 6.07) is 8.40. The van der Waals surface area contributed by atoms with Crippen molar-refractivity contribution in [3.8, 4) is 5.88 Å². The normalized spacial score (nSPS) is 10.3. The van der Waals surface area contributed by atoms with E-state index < -0.39 is 23.1 Å². The van der Waals surface area contributed by atoms with Crippen LogP contribution >= 0.6 is 0 Å². The van der Waals surface area contributed by atoms with Crippen molar-refractivity contribution >= 4 is 34.6 Å². The summed E-state index contributed by atoms with van der Waals surface area (Å²) in [6.07, 6.45) is 2.63. The van der Waals surface area contributed by atoms with Crippen LogP contribution in [-0.2, 0) is 0 Å². The van der Waals surface area contributed by atoms with E-state index in [1.807, 2.05) is 4.98 Å². The Morgan fingerprint density at radius 3 is 2.46 bits per heavy atom. The van der Waals surface area contributed by atoms with Crippen LogP contribution in [0.1, 0.15) is 21.5 Å². The molecule has 0 aliphatic rings. The predicted octanol–water partition coefficient (Wildman–Crippen LogP) is 1.53. The first-order chi connectivity index (χ1) is 12.4. The minimum Gasteiger partial charge on any atom is -0.494 e. The number of anilines is 1. The first-order valence-corrected chi connectivity index (χ1v) is 7.41. The molecule has 130 valence electrons. The lowest BCUT2D eigenvalue weighted by Gasteiger charge is -2.08. The van der Waals surface area contributed by atoms with E-state index in [0.717, 1.165) is 0 Å². The van der Waals surface area contributed by atoms with Crippen LogP contribution in [0.25, 0.3) is 22.9 Å². The molecular formula is C18H13N3O5. The zero-order valence-corrected chi connectivity index (χ0v) is 13.2. The van der Waals surface area contributed by atoms with Gasteiger partial charge in [0.15, 0.2) is 0 Å². The van der Waals surface area contributed by atoms with Crippen molar-refractivity contribution < 1.29 is 15.0 Å². The van der Waals surface area contributed by atoms with Gasteiger partial charge in [0, 0.05) is 5.39 Å². The number of hydrogen-bond donors (Lipinski definition) is 5. The summed E-state index contributed by atoms with van der Waals surface area (Å²) in [6.45, 7) is 0. The van der Waals surface area contributed by atoms with Gasteiger partial charge in [-0.3, -0.25) is 14.8 Å². The molecule has 0 saturated carbocycles. The van der Waals surface area contributed by atoms with Gasteiger partial charge in [0.2, 0.25) is 5.88 Å². The predicted molar refractivity (Wildman–Crippen MR) is 97.1 cm³/mol. The van der Waals surface area contributed by atoms with Gasteiger partial charge >= 0.3 is 11.7 Å². The number of nitrogen functional groups attached to an aromatic ring is 1. The number of aromatic hydroxyl groups is 1. The van der Waals surface area contributed by atoms with Crippen LogP contribution < -0.4 is 17.0 Å². The molecule has 0 bridgehead atoms. The number of benzene rings is 2. The topological polar surface area (TPSA) is 149 Å². The summed E-state index contributed by atoms with van der Waals surface area (Å²) in [5.41, 5.74) is 7.47. The molecule has 0 saturated heterocycles. The number of hydrogen-bond acceptors (Lipinski definition) is 5. The number of aromatic carboxylic acids is 1. The van der Waals surface area contributed by atoms with Crippen molar-refractivity contribution in [3.05, 3.63) is 73.6 Å².